The smallest absolute Gasteiger partial charge is 0.269 e. The van der Waals surface area contributed by atoms with Crippen molar-refractivity contribution in [3.8, 4) is 0 Å². The van der Waals surface area contributed by atoms with Crippen LogP contribution in [0.1, 0.15) is 37.2 Å². The highest BCUT2D eigenvalue weighted by Crippen LogP contribution is 2.43. The van der Waals surface area contributed by atoms with E-state index in [-0.39, 0.29) is 23.8 Å². The summed E-state index contributed by atoms with van der Waals surface area (Å²) >= 11 is 0. The number of benzene rings is 2. The number of nitrogens with zero attached hydrogens (tertiary/aromatic N) is 2. The molecule has 0 N–H and O–H groups in total. The van der Waals surface area contributed by atoms with Crippen LogP contribution >= 0.6 is 0 Å². The summed E-state index contributed by atoms with van der Waals surface area (Å²) in [6.07, 6.45) is 1.72. The van der Waals surface area contributed by atoms with Gasteiger partial charge in [0, 0.05) is 47.8 Å². The third-order valence-corrected chi connectivity index (χ3v) is 5.27. The van der Waals surface area contributed by atoms with Gasteiger partial charge in [-0.15, -0.1) is 0 Å². The highest BCUT2D eigenvalue weighted by Gasteiger charge is 2.39. The largest absolute Gasteiger partial charge is 0.294 e. The van der Waals surface area contributed by atoms with Crippen molar-refractivity contribution in [1.29, 1.82) is 0 Å². The van der Waals surface area contributed by atoms with Gasteiger partial charge in [-0.25, -0.2) is 4.39 Å². The second-order valence-corrected chi connectivity index (χ2v) is 6.95. The number of ketones is 1. The molecule has 142 valence electrons. The molecule has 28 heavy (non-hydrogen) atoms. The Balaban J connectivity index is 1.80. The summed E-state index contributed by atoms with van der Waals surface area (Å²) in [5.41, 5.74) is 2.45. The van der Waals surface area contributed by atoms with Crippen molar-refractivity contribution >= 4 is 23.1 Å². The maximum Gasteiger partial charge on any atom is 0.269 e. The van der Waals surface area contributed by atoms with Gasteiger partial charge in [0.05, 0.1) is 4.92 Å². The van der Waals surface area contributed by atoms with E-state index in [0.717, 1.165) is 0 Å². The Hall–Kier alpha value is -3.35. The van der Waals surface area contributed by atoms with Crippen LogP contribution < -0.4 is 4.90 Å². The van der Waals surface area contributed by atoms with Crippen molar-refractivity contribution in [2.75, 3.05) is 4.90 Å². The van der Waals surface area contributed by atoms with E-state index in [1.165, 1.54) is 41.3 Å². The lowest BCUT2D eigenvalue weighted by Crippen LogP contribution is -2.40. The predicted molar refractivity (Wildman–Crippen MR) is 100 cm³/mol. The minimum absolute atomic E-state index is 0.00999. The number of rotatable bonds is 3. The first-order valence-electron chi connectivity index (χ1n) is 9.05. The Bertz CT molecular complexity index is 996. The zero-order chi connectivity index (χ0) is 19.8. The number of carbonyl (C=O) groups excluding carboxylic acids is 2. The van der Waals surface area contributed by atoms with Crippen LogP contribution in [0.25, 0.3) is 0 Å². The number of hydrogen-bond acceptors (Lipinski definition) is 4. The monoisotopic (exact) mass is 380 g/mol. The van der Waals surface area contributed by atoms with E-state index in [0.29, 0.717) is 41.8 Å². The van der Waals surface area contributed by atoms with Crippen LogP contribution in [0.15, 0.2) is 59.8 Å². The Morgan fingerprint density at radius 1 is 1.00 bits per heavy atom. The average molecular weight is 380 g/mol. The van der Waals surface area contributed by atoms with E-state index in [1.54, 1.807) is 12.1 Å². The number of non-ortho nitro benzene ring substituents is 1. The quantitative estimate of drug-likeness (QED) is 0.589. The standard InChI is InChI=1S/C21H17FN2O4/c22-14-6-10-15(11-7-14)23-18-2-1-3-19(25)21(18)17(12-20(23)26)13-4-8-16(9-5-13)24(27)28/h4-11,17H,1-3,12H2/t17-/m1/s1. The van der Waals surface area contributed by atoms with Gasteiger partial charge < -0.3 is 0 Å². The molecule has 0 unspecified atom stereocenters. The molecule has 0 saturated carbocycles. The summed E-state index contributed by atoms with van der Waals surface area (Å²) in [5.74, 6) is -1.01. The molecule has 0 fully saturated rings. The summed E-state index contributed by atoms with van der Waals surface area (Å²) in [6.45, 7) is 0. The third-order valence-electron chi connectivity index (χ3n) is 5.27. The molecule has 2 aromatic rings. The highest BCUT2D eigenvalue weighted by atomic mass is 19.1. The van der Waals surface area contributed by atoms with Gasteiger partial charge in [-0.05, 0) is 42.7 Å². The summed E-state index contributed by atoms with van der Waals surface area (Å²) < 4.78 is 13.3. The number of Topliss-reactive ketones (excluding diaryl/α,β-unsaturated/α-hetero) is 1. The van der Waals surface area contributed by atoms with Crippen molar-refractivity contribution in [3.63, 3.8) is 0 Å². The summed E-state index contributed by atoms with van der Waals surface area (Å²) in [7, 11) is 0. The molecule has 0 saturated heterocycles. The zero-order valence-electron chi connectivity index (χ0n) is 14.9. The number of nitro benzene ring substituents is 1. The van der Waals surface area contributed by atoms with Crippen LogP contribution in [0.3, 0.4) is 0 Å². The van der Waals surface area contributed by atoms with E-state index in [2.05, 4.69) is 0 Å². The van der Waals surface area contributed by atoms with Crippen molar-refractivity contribution < 1.29 is 18.9 Å². The fraction of sp³-hybridized carbons (Fsp3) is 0.238. The highest BCUT2D eigenvalue weighted by molar-refractivity contribution is 6.07. The molecule has 1 aliphatic carbocycles. The SMILES string of the molecule is O=C1CCCC2=C1[C@@H](c1ccc([N+](=O)[O-])cc1)CC(=O)N2c1ccc(F)cc1. The topological polar surface area (TPSA) is 80.5 Å². The van der Waals surface area contributed by atoms with Gasteiger partial charge in [0.25, 0.3) is 5.69 Å². The first-order valence-corrected chi connectivity index (χ1v) is 9.05. The van der Waals surface area contributed by atoms with Crippen molar-refractivity contribution in [2.24, 2.45) is 0 Å². The molecular weight excluding hydrogens is 363 g/mol. The Kier molecular flexibility index (Phi) is 4.50. The Morgan fingerprint density at radius 2 is 1.68 bits per heavy atom. The molecular formula is C21H17FN2O4. The van der Waals surface area contributed by atoms with Gasteiger partial charge in [0.15, 0.2) is 5.78 Å². The van der Waals surface area contributed by atoms with Crippen LogP contribution in [0.5, 0.6) is 0 Å². The van der Waals surface area contributed by atoms with Crippen molar-refractivity contribution in [3.05, 3.63) is 81.3 Å². The number of halogens is 1. The maximum atomic E-state index is 13.3. The molecule has 6 nitrogen and oxygen atoms in total. The van der Waals surface area contributed by atoms with Crippen LogP contribution in [0, 0.1) is 15.9 Å². The molecule has 2 aliphatic rings. The van der Waals surface area contributed by atoms with Gasteiger partial charge in [0.2, 0.25) is 5.91 Å². The van der Waals surface area contributed by atoms with Crippen LogP contribution in [-0.4, -0.2) is 16.6 Å². The van der Waals surface area contributed by atoms with E-state index in [1.807, 2.05) is 0 Å². The molecule has 0 bridgehead atoms. The van der Waals surface area contributed by atoms with Gasteiger partial charge in [-0.2, -0.15) is 0 Å². The molecule has 4 rings (SSSR count). The van der Waals surface area contributed by atoms with E-state index in [9.17, 15) is 24.1 Å². The second kappa shape index (κ2) is 6.99. The lowest BCUT2D eigenvalue weighted by atomic mass is 9.77. The lowest BCUT2D eigenvalue weighted by Gasteiger charge is -2.38. The number of carbonyl (C=O) groups is 2. The molecule has 1 atom stereocenters. The molecule has 2 aromatic carbocycles. The van der Waals surface area contributed by atoms with Crippen LogP contribution in [0.4, 0.5) is 15.8 Å². The molecule has 0 aromatic heterocycles. The Morgan fingerprint density at radius 3 is 2.32 bits per heavy atom. The molecule has 1 heterocycles. The lowest BCUT2D eigenvalue weighted by molar-refractivity contribution is -0.384. The van der Waals surface area contributed by atoms with Crippen molar-refractivity contribution in [1.82, 2.24) is 0 Å². The van der Waals surface area contributed by atoms with Gasteiger partial charge in [0.1, 0.15) is 5.82 Å². The van der Waals surface area contributed by atoms with Gasteiger partial charge >= 0.3 is 0 Å². The first-order chi connectivity index (χ1) is 13.5. The first kappa shape index (κ1) is 18.0. The van der Waals surface area contributed by atoms with E-state index in [4.69, 9.17) is 0 Å². The average Bonchev–Trinajstić information content (AvgIpc) is 2.68. The molecule has 1 amide bonds. The number of anilines is 1. The fourth-order valence-corrected chi connectivity index (χ4v) is 4.00. The molecule has 7 heteroatoms. The van der Waals surface area contributed by atoms with Crippen LogP contribution in [-0.2, 0) is 9.59 Å². The maximum absolute atomic E-state index is 13.3. The summed E-state index contributed by atoms with van der Waals surface area (Å²) in [5, 5.41) is 10.9. The number of nitro groups is 1. The van der Waals surface area contributed by atoms with Gasteiger partial charge in [-0.3, -0.25) is 24.6 Å². The summed E-state index contributed by atoms with van der Waals surface area (Å²) in [6, 6.07) is 11.6. The molecule has 1 aliphatic heterocycles. The number of allylic oxidation sites excluding steroid dienone is 2. The second-order valence-electron chi connectivity index (χ2n) is 6.95. The number of hydrogen-bond donors (Lipinski definition) is 0. The van der Waals surface area contributed by atoms with E-state index < -0.39 is 16.7 Å². The van der Waals surface area contributed by atoms with Gasteiger partial charge in [-0.1, -0.05) is 12.1 Å². The zero-order valence-corrected chi connectivity index (χ0v) is 14.9. The summed E-state index contributed by atoms with van der Waals surface area (Å²) in [4.78, 5) is 37.7. The van der Waals surface area contributed by atoms with Crippen molar-refractivity contribution in [2.45, 2.75) is 31.6 Å². The molecule has 0 spiro atoms. The third kappa shape index (κ3) is 3.09. The minimum atomic E-state index is -0.484. The normalized spacial score (nSPS) is 19.6. The molecule has 0 radical (unpaired) electrons. The van der Waals surface area contributed by atoms with Crippen LogP contribution in [0.2, 0.25) is 0 Å². The Labute approximate surface area is 160 Å². The fourth-order valence-electron chi connectivity index (χ4n) is 4.00. The number of amides is 1. The predicted octanol–water partition coefficient (Wildman–Crippen LogP) is 4.26. The minimum Gasteiger partial charge on any atom is -0.294 e. The van der Waals surface area contributed by atoms with E-state index >= 15 is 0 Å².